The van der Waals surface area contributed by atoms with Gasteiger partial charge < -0.3 is 4.74 Å². The second-order valence-corrected chi connectivity index (χ2v) is 4.69. The second kappa shape index (κ2) is 5.31. The number of rotatable bonds is 4. The first-order valence-corrected chi connectivity index (χ1v) is 5.87. The maximum absolute atomic E-state index is 11.9. The Morgan fingerprint density at radius 2 is 2.20 bits per heavy atom. The van der Waals surface area contributed by atoms with Crippen molar-refractivity contribution in [3.8, 4) is 5.75 Å². The number of hydrogen-bond donors (Lipinski definition) is 0. The van der Waals surface area contributed by atoms with Crippen molar-refractivity contribution < 1.29 is 9.53 Å². The SMILES string of the molecule is CCc1c(OC)cccc1C(=O)C(C)Br. The lowest BCUT2D eigenvalue weighted by atomic mass is 9.99. The van der Waals surface area contributed by atoms with E-state index in [1.165, 1.54) is 0 Å². The van der Waals surface area contributed by atoms with E-state index in [0.717, 1.165) is 23.3 Å². The lowest BCUT2D eigenvalue weighted by molar-refractivity contribution is 0.0994. The molecule has 1 unspecified atom stereocenters. The standard InChI is InChI=1S/C12H15BrO2/c1-4-9-10(12(14)8(2)13)6-5-7-11(9)15-3/h5-8H,4H2,1-3H3. The average molecular weight is 271 g/mol. The largest absolute Gasteiger partial charge is 0.496 e. The number of halogens is 1. The van der Waals surface area contributed by atoms with Gasteiger partial charge in [-0.15, -0.1) is 0 Å². The highest BCUT2D eigenvalue weighted by Crippen LogP contribution is 2.24. The number of alkyl halides is 1. The first-order valence-electron chi connectivity index (χ1n) is 4.96. The molecule has 1 aromatic carbocycles. The Balaban J connectivity index is 3.23. The third-order valence-electron chi connectivity index (χ3n) is 2.33. The Labute approximate surface area is 98.8 Å². The average Bonchev–Trinajstić information content (AvgIpc) is 2.26. The lowest BCUT2D eigenvalue weighted by Crippen LogP contribution is -2.13. The normalized spacial score (nSPS) is 12.3. The Bertz CT molecular complexity index is 359. The maximum Gasteiger partial charge on any atom is 0.176 e. The molecule has 0 heterocycles. The molecule has 0 aliphatic heterocycles. The van der Waals surface area contributed by atoms with Crippen LogP contribution in [0.1, 0.15) is 29.8 Å². The molecule has 0 radical (unpaired) electrons. The van der Waals surface area contributed by atoms with Gasteiger partial charge in [-0.3, -0.25) is 4.79 Å². The third kappa shape index (κ3) is 2.59. The van der Waals surface area contributed by atoms with Crippen LogP contribution in [0.5, 0.6) is 5.75 Å². The molecule has 0 spiro atoms. The number of Topliss-reactive ketones (excluding diaryl/α,β-unsaturated/α-hetero) is 1. The van der Waals surface area contributed by atoms with Crippen molar-refractivity contribution >= 4 is 21.7 Å². The van der Waals surface area contributed by atoms with Crippen LogP contribution in [-0.2, 0) is 6.42 Å². The summed E-state index contributed by atoms with van der Waals surface area (Å²) in [5.41, 5.74) is 1.73. The van der Waals surface area contributed by atoms with E-state index in [4.69, 9.17) is 4.74 Å². The van der Waals surface area contributed by atoms with Crippen molar-refractivity contribution in [2.75, 3.05) is 7.11 Å². The molecule has 15 heavy (non-hydrogen) atoms. The number of methoxy groups -OCH3 is 1. The summed E-state index contributed by atoms with van der Waals surface area (Å²) in [6.45, 7) is 3.86. The highest BCUT2D eigenvalue weighted by molar-refractivity contribution is 9.10. The molecule has 0 fully saturated rings. The molecule has 2 nitrogen and oxygen atoms in total. The number of ketones is 1. The zero-order valence-corrected chi connectivity index (χ0v) is 10.8. The van der Waals surface area contributed by atoms with E-state index >= 15 is 0 Å². The van der Waals surface area contributed by atoms with Gasteiger partial charge in [0.2, 0.25) is 0 Å². The van der Waals surface area contributed by atoms with Crippen molar-refractivity contribution in [1.29, 1.82) is 0 Å². The summed E-state index contributed by atoms with van der Waals surface area (Å²) in [7, 11) is 1.63. The van der Waals surface area contributed by atoms with E-state index < -0.39 is 0 Å². The van der Waals surface area contributed by atoms with Crippen LogP contribution < -0.4 is 4.74 Å². The number of ether oxygens (including phenoxy) is 1. The molecule has 0 bridgehead atoms. The Kier molecular flexibility index (Phi) is 4.33. The van der Waals surface area contributed by atoms with Crippen molar-refractivity contribution in [2.24, 2.45) is 0 Å². The maximum atomic E-state index is 11.9. The van der Waals surface area contributed by atoms with Gasteiger partial charge in [0.15, 0.2) is 5.78 Å². The molecule has 0 aliphatic carbocycles. The van der Waals surface area contributed by atoms with Gasteiger partial charge in [-0.05, 0) is 19.4 Å². The molecular formula is C12H15BrO2. The van der Waals surface area contributed by atoms with E-state index in [0.29, 0.717) is 0 Å². The summed E-state index contributed by atoms with van der Waals surface area (Å²) in [4.78, 5) is 11.7. The fourth-order valence-corrected chi connectivity index (χ4v) is 1.81. The van der Waals surface area contributed by atoms with Crippen LogP contribution >= 0.6 is 15.9 Å². The summed E-state index contributed by atoms with van der Waals surface area (Å²) < 4.78 is 5.24. The van der Waals surface area contributed by atoms with Gasteiger partial charge in [-0.25, -0.2) is 0 Å². The first kappa shape index (κ1) is 12.2. The minimum absolute atomic E-state index is 0.103. The molecule has 3 heteroatoms. The predicted molar refractivity (Wildman–Crippen MR) is 65.1 cm³/mol. The molecular weight excluding hydrogens is 256 g/mol. The van der Waals surface area contributed by atoms with Crippen molar-refractivity contribution in [3.05, 3.63) is 29.3 Å². The van der Waals surface area contributed by atoms with Gasteiger partial charge in [0.25, 0.3) is 0 Å². The van der Waals surface area contributed by atoms with E-state index in [1.807, 2.05) is 32.0 Å². The van der Waals surface area contributed by atoms with Crippen LogP contribution in [0.4, 0.5) is 0 Å². The summed E-state index contributed by atoms with van der Waals surface area (Å²) in [5.74, 6) is 0.891. The molecule has 0 amide bonds. The molecule has 1 atom stereocenters. The molecule has 82 valence electrons. The highest BCUT2D eigenvalue weighted by Gasteiger charge is 2.17. The Hall–Kier alpha value is -0.830. The second-order valence-electron chi connectivity index (χ2n) is 3.32. The van der Waals surface area contributed by atoms with Crippen molar-refractivity contribution in [2.45, 2.75) is 25.1 Å². The molecule has 0 N–H and O–H groups in total. The molecule has 1 aromatic rings. The van der Waals surface area contributed by atoms with Crippen LogP contribution in [0, 0.1) is 0 Å². The Morgan fingerprint density at radius 3 is 2.67 bits per heavy atom. The van der Waals surface area contributed by atoms with E-state index in [-0.39, 0.29) is 10.6 Å². The zero-order chi connectivity index (χ0) is 11.4. The molecule has 0 saturated carbocycles. The van der Waals surface area contributed by atoms with Crippen LogP contribution in [-0.4, -0.2) is 17.7 Å². The molecule has 1 rings (SSSR count). The summed E-state index contributed by atoms with van der Waals surface area (Å²) in [5, 5.41) is 0. The monoisotopic (exact) mass is 270 g/mol. The minimum atomic E-state index is -0.157. The number of carbonyl (C=O) groups is 1. The predicted octanol–water partition coefficient (Wildman–Crippen LogP) is 3.22. The molecule has 0 aliphatic rings. The van der Waals surface area contributed by atoms with E-state index in [9.17, 15) is 4.79 Å². The number of benzene rings is 1. The summed E-state index contributed by atoms with van der Waals surface area (Å²) in [6, 6.07) is 5.58. The van der Waals surface area contributed by atoms with Crippen LogP contribution in [0.3, 0.4) is 0 Å². The third-order valence-corrected chi connectivity index (χ3v) is 2.75. The topological polar surface area (TPSA) is 26.3 Å². The van der Waals surface area contributed by atoms with Crippen molar-refractivity contribution in [1.82, 2.24) is 0 Å². The molecule has 0 saturated heterocycles. The lowest BCUT2D eigenvalue weighted by Gasteiger charge is -2.12. The van der Waals surface area contributed by atoms with Gasteiger partial charge in [-0.1, -0.05) is 35.0 Å². The molecule has 0 aromatic heterocycles. The van der Waals surface area contributed by atoms with Gasteiger partial charge in [0, 0.05) is 11.1 Å². The highest BCUT2D eigenvalue weighted by atomic mass is 79.9. The minimum Gasteiger partial charge on any atom is -0.496 e. The van der Waals surface area contributed by atoms with Gasteiger partial charge in [-0.2, -0.15) is 0 Å². The fraction of sp³-hybridized carbons (Fsp3) is 0.417. The quantitative estimate of drug-likeness (QED) is 0.620. The van der Waals surface area contributed by atoms with Gasteiger partial charge in [0.05, 0.1) is 11.9 Å². The van der Waals surface area contributed by atoms with Crippen LogP contribution in [0.15, 0.2) is 18.2 Å². The zero-order valence-electron chi connectivity index (χ0n) is 9.21. The van der Waals surface area contributed by atoms with Crippen molar-refractivity contribution in [3.63, 3.8) is 0 Å². The number of carbonyl (C=O) groups excluding carboxylic acids is 1. The first-order chi connectivity index (χ1) is 7.11. The summed E-state index contributed by atoms with van der Waals surface area (Å²) in [6.07, 6.45) is 0.796. The van der Waals surface area contributed by atoms with Gasteiger partial charge in [0.1, 0.15) is 5.75 Å². The smallest absolute Gasteiger partial charge is 0.176 e. The summed E-state index contributed by atoms with van der Waals surface area (Å²) >= 11 is 3.30. The van der Waals surface area contributed by atoms with E-state index in [1.54, 1.807) is 7.11 Å². The van der Waals surface area contributed by atoms with Crippen LogP contribution in [0.25, 0.3) is 0 Å². The number of hydrogen-bond acceptors (Lipinski definition) is 2. The van der Waals surface area contributed by atoms with Crippen LogP contribution in [0.2, 0.25) is 0 Å². The van der Waals surface area contributed by atoms with Gasteiger partial charge >= 0.3 is 0 Å². The Morgan fingerprint density at radius 1 is 1.53 bits per heavy atom. The fourth-order valence-electron chi connectivity index (χ4n) is 1.57. The van der Waals surface area contributed by atoms with E-state index in [2.05, 4.69) is 15.9 Å².